The van der Waals surface area contributed by atoms with Gasteiger partial charge < -0.3 is 14.8 Å². The molecule has 0 fully saturated rings. The Morgan fingerprint density at radius 1 is 1.29 bits per heavy atom. The summed E-state index contributed by atoms with van der Waals surface area (Å²) in [6, 6.07) is 4.98. The summed E-state index contributed by atoms with van der Waals surface area (Å²) in [6.07, 6.45) is 2.04. The van der Waals surface area contributed by atoms with Gasteiger partial charge in [-0.2, -0.15) is 8.78 Å². The number of benzene rings is 1. The van der Waals surface area contributed by atoms with Gasteiger partial charge in [-0.25, -0.2) is 0 Å². The zero-order chi connectivity index (χ0) is 15.8. The molecule has 0 spiro atoms. The molecule has 1 N–H and O–H groups in total. The molecule has 0 radical (unpaired) electrons. The van der Waals surface area contributed by atoms with E-state index in [0.717, 1.165) is 12.1 Å². The lowest BCUT2D eigenvalue weighted by Crippen LogP contribution is -2.13. The molecular formula is C16H23F2NO2. The van der Waals surface area contributed by atoms with Gasteiger partial charge in [0, 0.05) is 6.54 Å². The van der Waals surface area contributed by atoms with Gasteiger partial charge in [0.2, 0.25) is 0 Å². The Morgan fingerprint density at radius 2 is 2.00 bits per heavy atom. The van der Waals surface area contributed by atoms with E-state index < -0.39 is 6.61 Å². The molecule has 1 rings (SSSR count). The van der Waals surface area contributed by atoms with Gasteiger partial charge in [-0.3, -0.25) is 0 Å². The summed E-state index contributed by atoms with van der Waals surface area (Å²) in [4.78, 5) is 0. The van der Waals surface area contributed by atoms with Crippen molar-refractivity contribution in [3.8, 4) is 11.5 Å². The van der Waals surface area contributed by atoms with Crippen LogP contribution in [0.4, 0.5) is 8.78 Å². The summed E-state index contributed by atoms with van der Waals surface area (Å²) >= 11 is 0. The van der Waals surface area contributed by atoms with Gasteiger partial charge in [-0.15, -0.1) is 0 Å². The van der Waals surface area contributed by atoms with Crippen LogP contribution in [-0.2, 0) is 0 Å². The second-order valence-electron chi connectivity index (χ2n) is 4.92. The highest BCUT2D eigenvalue weighted by Gasteiger charge is 2.11. The van der Waals surface area contributed by atoms with Gasteiger partial charge in [0.15, 0.2) is 11.5 Å². The average molecular weight is 299 g/mol. The topological polar surface area (TPSA) is 30.5 Å². The van der Waals surface area contributed by atoms with Crippen LogP contribution < -0.4 is 14.8 Å². The van der Waals surface area contributed by atoms with Gasteiger partial charge in [-0.1, -0.05) is 31.6 Å². The average Bonchev–Trinajstić information content (AvgIpc) is 2.41. The largest absolute Gasteiger partial charge is 0.490 e. The highest BCUT2D eigenvalue weighted by molar-refractivity contribution is 5.58. The van der Waals surface area contributed by atoms with Crippen molar-refractivity contribution in [1.29, 1.82) is 0 Å². The Kier molecular flexibility index (Phi) is 7.15. The number of rotatable bonds is 8. The molecule has 0 aliphatic rings. The van der Waals surface area contributed by atoms with Crippen molar-refractivity contribution < 1.29 is 18.3 Å². The number of hydrogen-bond acceptors (Lipinski definition) is 3. The molecule has 3 nitrogen and oxygen atoms in total. The molecule has 118 valence electrons. The van der Waals surface area contributed by atoms with Crippen molar-refractivity contribution in [3.63, 3.8) is 0 Å². The smallest absolute Gasteiger partial charge is 0.387 e. The van der Waals surface area contributed by atoms with E-state index in [0.29, 0.717) is 18.3 Å². The van der Waals surface area contributed by atoms with Crippen LogP contribution in [0.15, 0.2) is 23.8 Å². The lowest BCUT2D eigenvalue weighted by molar-refractivity contribution is -0.0514. The summed E-state index contributed by atoms with van der Waals surface area (Å²) < 4.78 is 34.6. The third kappa shape index (κ3) is 5.71. The van der Waals surface area contributed by atoms with E-state index in [1.165, 1.54) is 11.6 Å². The molecule has 0 aliphatic carbocycles. The summed E-state index contributed by atoms with van der Waals surface area (Å²) in [6.45, 7) is 4.33. The molecule has 21 heavy (non-hydrogen) atoms. The third-order valence-electron chi connectivity index (χ3n) is 2.96. The fourth-order valence-corrected chi connectivity index (χ4v) is 1.92. The first-order valence-electron chi connectivity index (χ1n) is 7.04. The SMILES string of the molecule is CCOc1cc(C=C(CNC)C(C)C)ccc1OC(F)F. The zero-order valence-electron chi connectivity index (χ0n) is 13.0. The van der Waals surface area contributed by atoms with Crippen LogP contribution in [0.25, 0.3) is 6.08 Å². The molecule has 5 heteroatoms. The van der Waals surface area contributed by atoms with Gasteiger partial charge in [0.25, 0.3) is 0 Å². The van der Waals surface area contributed by atoms with E-state index in [1.54, 1.807) is 19.1 Å². The summed E-state index contributed by atoms with van der Waals surface area (Å²) in [5, 5.41) is 3.12. The Labute approximate surface area is 124 Å². The normalized spacial score (nSPS) is 12.1. The molecule has 0 aliphatic heterocycles. The lowest BCUT2D eigenvalue weighted by Gasteiger charge is -2.14. The maximum absolute atomic E-state index is 12.4. The Balaban J connectivity index is 3.08. The van der Waals surface area contributed by atoms with Crippen molar-refractivity contribution >= 4 is 6.08 Å². The monoisotopic (exact) mass is 299 g/mol. The van der Waals surface area contributed by atoms with Crippen molar-refractivity contribution in [1.82, 2.24) is 5.32 Å². The van der Waals surface area contributed by atoms with Crippen LogP contribution >= 0.6 is 0 Å². The highest BCUT2D eigenvalue weighted by atomic mass is 19.3. The number of nitrogens with one attached hydrogen (secondary N) is 1. The fraction of sp³-hybridized carbons (Fsp3) is 0.500. The van der Waals surface area contributed by atoms with Crippen LogP contribution in [0.1, 0.15) is 26.3 Å². The van der Waals surface area contributed by atoms with Crippen molar-refractivity contribution in [2.24, 2.45) is 5.92 Å². The summed E-state index contributed by atoms with van der Waals surface area (Å²) in [5.41, 5.74) is 2.13. The second kappa shape index (κ2) is 8.62. The first kappa shape index (κ1) is 17.4. The minimum atomic E-state index is -2.86. The standard InChI is InChI=1S/C16H23F2NO2/c1-5-20-15-9-12(6-7-14(15)21-16(17)18)8-13(10-19-4)11(2)3/h6-9,11,16,19H,5,10H2,1-4H3. The maximum Gasteiger partial charge on any atom is 0.387 e. The van der Waals surface area contributed by atoms with E-state index in [4.69, 9.17) is 4.74 Å². The van der Waals surface area contributed by atoms with Crippen molar-refractivity contribution in [2.75, 3.05) is 20.2 Å². The Morgan fingerprint density at radius 3 is 2.52 bits per heavy atom. The molecule has 0 aromatic heterocycles. The van der Waals surface area contributed by atoms with E-state index in [2.05, 4.69) is 23.9 Å². The quantitative estimate of drug-likeness (QED) is 0.788. The molecule has 0 atom stereocenters. The van der Waals surface area contributed by atoms with Crippen LogP contribution in [-0.4, -0.2) is 26.8 Å². The molecule has 1 aromatic rings. The molecule has 0 saturated heterocycles. The maximum atomic E-state index is 12.4. The third-order valence-corrected chi connectivity index (χ3v) is 2.96. The molecule has 0 heterocycles. The predicted molar refractivity (Wildman–Crippen MR) is 81.0 cm³/mol. The van der Waals surface area contributed by atoms with Gasteiger partial charge in [-0.05, 0) is 37.6 Å². The van der Waals surface area contributed by atoms with Crippen LogP contribution in [0.3, 0.4) is 0 Å². The van der Waals surface area contributed by atoms with Gasteiger partial charge >= 0.3 is 6.61 Å². The zero-order valence-corrected chi connectivity index (χ0v) is 13.0. The van der Waals surface area contributed by atoms with E-state index in [-0.39, 0.29) is 5.75 Å². The van der Waals surface area contributed by atoms with Crippen molar-refractivity contribution in [2.45, 2.75) is 27.4 Å². The lowest BCUT2D eigenvalue weighted by atomic mass is 10.00. The highest BCUT2D eigenvalue weighted by Crippen LogP contribution is 2.31. The number of alkyl halides is 2. The Bertz CT molecular complexity index is 473. The van der Waals surface area contributed by atoms with E-state index in [9.17, 15) is 8.78 Å². The van der Waals surface area contributed by atoms with Gasteiger partial charge in [0.1, 0.15) is 0 Å². The number of hydrogen-bond donors (Lipinski definition) is 1. The number of halogens is 2. The molecule has 0 unspecified atom stereocenters. The first-order chi connectivity index (χ1) is 9.97. The minimum absolute atomic E-state index is 0.0590. The van der Waals surface area contributed by atoms with Crippen LogP contribution in [0, 0.1) is 5.92 Å². The predicted octanol–water partition coefficient (Wildman–Crippen LogP) is 3.95. The summed E-state index contributed by atoms with van der Waals surface area (Å²) in [7, 11) is 1.89. The van der Waals surface area contributed by atoms with Crippen LogP contribution in [0.5, 0.6) is 11.5 Å². The Hall–Kier alpha value is -1.62. The molecule has 0 amide bonds. The molecule has 0 bridgehead atoms. The molecule has 1 aromatic carbocycles. The fourth-order valence-electron chi connectivity index (χ4n) is 1.92. The summed E-state index contributed by atoms with van der Waals surface area (Å²) in [5.74, 6) is 0.785. The number of likely N-dealkylation sites (N-methyl/N-ethyl adjacent to an activating group) is 1. The first-order valence-corrected chi connectivity index (χ1v) is 7.04. The van der Waals surface area contributed by atoms with Crippen molar-refractivity contribution in [3.05, 3.63) is 29.3 Å². The molecular weight excluding hydrogens is 276 g/mol. The van der Waals surface area contributed by atoms with E-state index in [1.807, 2.05) is 13.1 Å². The second-order valence-corrected chi connectivity index (χ2v) is 4.92. The van der Waals surface area contributed by atoms with Crippen LogP contribution in [0.2, 0.25) is 0 Å². The van der Waals surface area contributed by atoms with Gasteiger partial charge in [0.05, 0.1) is 6.61 Å². The minimum Gasteiger partial charge on any atom is -0.490 e. The molecule has 0 saturated carbocycles. The van der Waals surface area contributed by atoms with E-state index >= 15 is 0 Å². The number of ether oxygens (including phenoxy) is 2.